The zero-order valence-corrected chi connectivity index (χ0v) is 13.5. The molecule has 0 saturated carbocycles. The Hall–Kier alpha value is -1.99. The lowest BCUT2D eigenvalue weighted by atomic mass is 9.95. The fraction of sp³-hybridized carbons (Fsp3) is 0.533. The molecule has 0 fully saturated rings. The zero-order valence-electron chi connectivity index (χ0n) is 13.5. The lowest BCUT2D eigenvalue weighted by Gasteiger charge is -2.18. The van der Waals surface area contributed by atoms with Crippen LogP contribution >= 0.6 is 0 Å². The van der Waals surface area contributed by atoms with Gasteiger partial charge in [-0.2, -0.15) is 5.10 Å². The molecular weight excluding hydrogens is 282 g/mol. The van der Waals surface area contributed by atoms with E-state index in [1.807, 2.05) is 12.3 Å². The third-order valence-corrected chi connectivity index (χ3v) is 2.98. The first kappa shape index (κ1) is 16.4. The van der Waals surface area contributed by atoms with Gasteiger partial charge in [-0.15, -0.1) is 0 Å². The second kappa shape index (κ2) is 6.85. The van der Waals surface area contributed by atoms with Gasteiger partial charge in [0, 0.05) is 24.8 Å². The Labute approximate surface area is 130 Å². The van der Waals surface area contributed by atoms with Crippen molar-refractivity contribution in [3.8, 4) is 0 Å². The number of aromatic nitrogens is 4. The lowest BCUT2D eigenvalue weighted by molar-refractivity contribution is 0.181. The molecule has 0 aliphatic rings. The molecule has 2 rings (SSSR count). The summed E-state index contributed by atoms with van der Waals surface area (Å²) in [6.45, 7) is 7.17. The van der Waals surface area contributed by atoms with Crippen molar-refractivity contribution in [1.82, 2.24) is 19.7 Å². The average Bonchev–Trinajstić information content (AvgIpc) is 2.85. The smallest absolute Gasteiger partial charge is 0.136 e. The predicted molar refractivity (Wildman–Crippen MR) is 84.0 cm³/mol. The molecule has 2 N–H and O–H groups in total. The van der Waals surface area contributed by atoms with E-state index in [4.69, 9.17) is 9.84 Å². The van der Waals surface area contributed by atoms with Gasteiger partial charge in [-0.1, -0.05) is 20.8 Å². The molecule has 120 valence electrons. The minimum absolute atomic E-state index is 0.0563. The second-order valence-corrected chi connectivity index (χ2v) is 6.09. The monoisotopic (exact) mass is 305 g/mol. The maximum absolute atomic E-state index is 8.92. The van der Waals surface area contributed by atoms with E-state index < -0.39 is 0 Å². The van der Waals surface area contributed by atoms with Crippen LogP contribution in [-0.2, 0) is 23.3 Å². The van der Waals surface area contributed by atoms with Gasteiger partial charge in [0.25, 0.3) is 0 Å². The van der Waals surface area contributed by atoms with Crippen molar-refractivity contribution in [1.29, 1.82) is 0 Å². The number of ether oxygens (including phenoxy) is 1. The highest BCUT2D eigenvalue weighted by Crippen LogP contribution is 2.22. The highest BCUT2D eigenvalue weighted by atomic mass is 16.5. The molecule has 2 aromatic rings. The van der Waals surface area contributed by atoms with E-state index in [0.29, 0.717) is 19.0 Å². The number of aliphatic hydroxyl groups excluding tert-OH is 1. The molecule has 0 atom stereocenters. The molecule has 0 aliphatic carbocycles. The standard InChI is InChI=1S/C15H23N5O2/c1-15(2,3)14-18-11(10-22-4)7-13(19-14)17-12-8-16-20(9-12)5-6-21/h7-9,21H,5-6,10H2,1-4H3,(H,17,18,19). The van der Waals surface area contributed by atoms with E-state index in [9.17, 15) is 0 Å². The maximum Gasteiger partial charge on any atom is 0.136 e. The van der Waals surface area contributed by atoms with Crippen LogP contribution in [0.2, 0.25) is 0 Å². The van der Waals surface area contributed by atoms with E-state index >= 15 is 0 Å². The molecule has 0 radical (unpaired) electrons. The van der Waals surface area contributed by atoms with Crippen LogP contribution in [0.3, 0.4) is 0 Å². The predicted octanol–water partition coefficient (Wildman–Crippen LogP) is 1.85. The quantitative estimate of drug-likeness (QED) is 0.847. The molecule has 7 nitrogen and oxygen atoms in total. The van der Waals surface area contributed by atoms with Gasteiger partial charge in [-0.25, -0.2) is 9.97 Å². The van der Waals surface area contributed by atoms with Gasteiger partial charge in [-0.3, -0.25) is 4.68 Å². The summed E-state index contributed by atoms with van der Waals surface area (Å²) in [5.74, 6) is 1.46. The van der Waals surface area contributed by atoms with Crippen LogP contribution in [0.1, 0.15) is 32.3 Å². The summed E-state index contributed by atoms with van der Waals surface area (Å²) >= 11 is 0. The Bertz CT molecular complexity index is 619. The van der Waals surface area contributed by atoms with Crippen molar-refractivity contribution in [3.05, 3.63) is 30.0 Å². The molecule has 0 bridgehead atoms. The van der Waals surface area contributed by atoms with Crippen LogP contribution in [0, 0.1) is 0 Å². The van der Waals surface area contributed by atoms with Crippen molar-refractivity contribution in [2.45, 2.75) is 39.3 Å². The number of nitrogens with zero attached hydrogens (tertiary/aromatic N) is 4. The van der Waals surface area contributed by atoms with Crippen LogP contribution in [0.4, 0.5) is 11.5 Å². The van der Waals surface area contributed by atoms with Gasteiger partial charge >= 0.3 is 0 Å². The molecule has 2 heterocycles. The zero-order chi connectivity index (χ0) is 16.2. The summed E-state index contributed by atoms with van der Waals surface area (Å²) in [6, 6.07) is 1.86. The highest BCUT2D eigenvalue weighted by Gasteiger charge is 2.19. The van der Waals surface area contributed by atoms with Gasteiger partial charge in [-0.05, 0) is 0 Å². The van der Waals surface area contributed by atoms with Crippen molar-refractivity contribution in [3.63, 3.8) is 0 Å². The number of nitrogens with one attached hydrogen (secondary N) is 1. The Morgan fingerprint density at radius 2 is 2.09 bits per heavy atom. The van der Waals surface area contributed by atoms with Gasteiger partial charge in [0.15, 0.2) is 0 Å². The van der Waals surface area contributed by atoms with E-state index in [-0.39, 0.29) is 12.0 Å². The fourth-order valence-electron chi connectivity index (χ4n) is 1.92. The topological polar surface area (TPSA) is 85.1 Å². The minimum atomic E-state index is -0.152. The van der Waals surface area contributed by atoms with E-state index in [1.54, 1.807) is 18.0 Å². The number of aliphatic hydroxyl groups is 1. The molecule has 0 spiro atoms. The SMILES string of the molecule is COCc1cc(Nc2cnn(CCO)c2)nc(C(C)(C)C)n1. The largest absolute Gasteiger partial charge is 0.394 e. The molecule has 0 aromatic carbocycles. The molecule has 22 heavy (non-hydrogen) atoms. The highest BCUT2D eigenvalue weighted by molar-refractivity contribution is 5.54. The van der Waals surface area contributed by atoms with E-state index in [1.165, 1.54) is 0 Å². The third kappa shape index (κ3) is 4.25. The molecule has 0 aliphatic heterocycles. The molecule has 0 saturated heterocycles. The Balaban J connectivity index is 2.26. The number of methoxy groups -OCH3 is 1. The number of rotatable bonds is 6. The second-order valence-electron chi connectivity index (χ2n) is 6.09. The fourth-order valence-corrected chi connectivity index (χ4v) is 1.92. The number of anilines is 2. The normalized spacial score (nSPS) is 11.7. The third-order valence-electron chi connectivity index (χ3n) is 2.98. The number of hydrogen-bond donors (Lipinski definition) is 2. The molecule has 0 unspecified atom stereocenters. The summed E-state index contributed by atoms with van der Waals surface area (Å²) in [6.07, 6.45) is 3.52. The van der Waals surface area contributed by atoms with Crippen LogP contribution in [0.25, 0.3) is 0 Å². The van der Waals surface area contributed by atoms with Crippen LogP contribution in [0.15, 0.2) is 18.5 Å². The van der Waals surface area contributed by atoms with Gasteiger partial charge in [0.2, 0.25) is 0 Å². The first-order chi connectivity index (χ1) is 10.4. The van der Waals surface area contributed by atoms with Crippen molar-refractivity contribution in [2.24, 2.45) is 0 Å². The summed E-state index contributed by atoms with van der Waals surface area (Å²) < 4.78 is 6.85. The van der Waals surface area contributed by atoms with Gasteiger partial charge in [0.1, 0.15) is 11.6 Å². The van der Waals surface area contributed by atoms with Gasteiger partial charge < -0.3 is 15.2 Å². The van der Waals surface area contributed by atoms with Crippen LogP contribution in [0.5, 0.6) is 0 Å². The lowest BCUT2D eigenvalue weighted by Crippen LogP contribution is -2.18. The minimum Gasteiger partial charge on any atom is -0.394 e. The molecule has 0 amide bonds. The average molecular weight is 305 g/mol. The van der Waals surface area contributed by atoms with Crippen LogP contribution < -0.4 is 5.32 Å². The summed E-state index contributed by atoms with van der Waals surface area (Å²) in [7, 11) is 1.64. The molecule has 7 heteroatoms. The van der Waals surface area contributed by atoms with Crippen molar-refractivity contribution >= 4 is 11.5 Å². The first-order valence-corrected chi connectivity index (χ1v) is 7.20. The summed E-state index contributed by atoms with van der Waals surface area (Å²) in [5.41, 5.74) is 1.49. The Kier molecular flexibility index (Phi) is 5.10. The van der Waals surface area contributed by atoms with Gasteiger partial charge in [0.05, 0.1) is 37.3 Å². The molecule has 2 aromatic heterocycles. The molecular formula is C15H23N5O2. The van der Waals surface area contributed by atoms with E-state index in [2.05, 4.69) is 41.2 Å². The first-order valence-electron chi connectivity index (χ1n) is 7.20. The Morgan fingerprint density at radius 3 is 2.73 bits per heavy atom. The Morgan fingerprint density at radius 1 is 1.32 bits per heavy atom. The summed E-state index contributed by atoms with van der Waals surface area (Å²) in [5, 5.41) is 16.3. The maximum atomic E-state index is 8.92. The number of hydrogen-bond acceptors (Lipinski definition) is 6. The summed E-state index contributed by atoms with van der Waals surface area (Å²) in [4.78, 5) is 9.11. The van der Waals surface area contributed by atoms with Crippen molar-refractivity contribution < 1.29 is 9.84 Å². The van der Waals surface area contributed by atoms with E-state index in [0.717, 1.165) is 17.2 Å². The van der Waals surface area contributed by atoms with Crippen molar-refractivity contribution in [2.75, 3.05) is 19.0 Å². The van der Waals surface area contributed by atoms with Crippen LogP contribution in [-0.4, -0.2) is 38.6 Å².